The first-order valence-corrected chi connectivity index (χ1v) is 5.51. The fourth-order valence-electron chi connectivity index (χ4n) is 1.40. The summed E-state index contributed by atoms with van der Waals surface area (Å²) in [5.41, 5.74) is 0.624. The molecule has 0 fully saturated rings. The van der Waals surface area contributed by atoms with E-state index in [0.717, 1.165) is 0 Å². The van der Waals surface area contributed by atoms with Gasteiger partial charge in [-0.15, -0.1) is 0 Å². The topological polar surface area (TPSA) is 46.2 Å². The summed E-state index contributed by atoms with van der Waals surface area (Å²) in [4.78, 5) is 22.9. The average molecular weight is 219 g/mol. The van der Waals surface area contributed by atoms with E-state index in [1.54, 1.807) is 12.1 Å². The first-order chi connectivity index (χ1) is 7.65. The minimum absolute atomic E-state index is 0.113. The van der Waals surface area contributed by atoms with E-state index >= 15 is 0 Å². The Morgan fingerprint density at radius 3 is 2.44 bits per heavy atom. The number of rotatable bonds is 5. The summed E-state index contributed by atoms with van der Waals surface area (Å²) in [7, 11) is 0. The van der Waals surface area contributed by atoms with Crippen molar-refractivity contribution in [1.82, 2.24) is 5.32 Å². The van der Waals surface area contributed by atoms with E-state index in [-0.39, 0.29) is 17.6 Å². The van der Waals surface area contributed by atoms with Crippen LogP contribution in [0.1, 0.15) is 30.6 Å². The molecule has 0 spiro atoms. The summed E-state index contributed by atoms with van der Waals surface area (Å²) in [6, 6.07) is 8.99. The van der Waals surface area contributed by atoms with Crippen molar-refractivity contribution in [1.29, 1.82) is 0 Å². The van der Waals surface area contributed by atoms with Gasteiger partial charge >= 0.3 is 0 Å². The van der Waals surface area contributed by atoms with Crippen molar-refractivity contribution in [2.45, 2.75) is 20.3 Å². The van der Waals surface area contributed by atoms with Gasteiger partial charge in [0.2, 0.25) is 0 Å². The van der Waals surface area contributed by atoms with Crippen LogP contribution in [0.2, 0.25) is 0 Å². The molecule has 1 atom stereocenters. The predicted molar refractivity (Wildman–Crippen MR) is 63.2 cm³/mol. The van der Waals surface area contributed by atoms with Crippen LogP contribution >= 0.6 is 0 Å². The van der Waals surface area contributed by atoms with Gasteiger partial charge < -0.3 is 5.32 Å². The van der Waals surface area contributed by atoms with Crippen molar-refractivity contribution < 1.29 is 9.59 Å². The molecule has 3 heteroatoms. The maximum absolute atomic E-state index is 11.6. The first-order valence-electron chi connectivity index (χ1n) is 5.51. The average Bonchev–Trinajstić information content (AvgIpc) is 2.35. The number of amides is 1. The molecule has 1 aromatic carbocycles. The van der Waals surface area contributed by atoms with Crippen LogP contribution in [0.15, 0.2) is 30.3 Å². The second-order valence-corrected chi connectivity index (χ2v) is 3.80. The van der Waals surface area contributed by atoms with E-state index in [0.29, 0.717) is 18.5 Å². The summed E-state index contributed by atoms with van der Waals surface area (Å²) in [6.07, 6.45) is 0.516. The lowest BCUT2D eigenvalue weighted by Crippen LogP contribution is -2.31. The zero-order chi connectivity index (χ0) is 12.0. The van der Waals surface area contributed by atoms with Gasteiger partial charge in [-0.1, -0.05) is 32.0 Å². The minimum Gasteiger partial charge on any atom is -0.351 e. The van der Waals surface area contributed by atoms with Crippen LogP contribution in [0.25, 0.3) is 0 Å². The Labute approximate surface area is 95.9 Å². The number of carbonyl (C=O) groups is 2. The van der Waals surface area contributed by atoms with E-state index in [1.165, 1.54) is 0 Å². The summed E-state index contributed by atoms with van der Waals surface area (Å²) < 4.78 is 0. The smallest absolute Gasteiger partial charge is 0.251 e. The van der Waals surface area contributed by atoms with Gasteiger partial charge in [-0.05, 0) is 12.1 Å². The SMILES string of the molecule is CCC(=O)C(C)CNC(=O)c1ccccc1. The largest absolute Gasteiger partial charge is 0.351 e. The highest BCUT2D eigenvalue weighted by Gasteiger charge is 2.12. The molecular weight excluding hydrogens is 202 g/mol. The molecule has 0 aromatic heterocycles. The lowest BCUT2D eigenvalue weighted by atomic mass is 10.0. The van der Waals surface area contributed by atoms with E-state index in [1.807, 2.05) is 32.0 Å². The van der Waals surface area contributed by atoms with Crippen molar-refractivity contribution in [3.05, 3.63) is 35.9 Å². The van der Waals surface area contributed by atoms with E-state index in [9.17, 15) is 9.59 Å². The Hall–Kier alpha value is -1.64. The predicted octanol–water partition coefficient (Wildman–Crippen LogP) is 2.03. The van der Waals surface area contributed by atoms with Gasteiger partial charge in [0.25, 0.3) is 5.91 Å². The summed E-state index contributed by atoms with van der Waals surface area (Å²) >= 11 is 0. The molecule has 0 aliphatic carbocycles. The Bertz CT molecular complexity index is 359. The number of hydrogen-bond acceptors (Lipinski definition) is 2. The molecule has 0 aliphatic heterocycles. The van der Waals surface area contributed by atoms with Crippen LogP contribution in [0.3, 0.4) is 0 Å². The quantitative estimate of drug-likeness (QED) is 0.823. The molecule has 86 valence electrons. The molecule has 16 heavy (non-hydrogen) atoms. The monoisotopic (exact) mass is 219 g/mol. The molecular formula is C13H17NO2. The maximum atomic E-state index is 11.6. The number of nitrogens with one attached hydrogen (secondary N) is 1. The lowest BCUT2D eigenvalue weighted by molar-refractivity contribution is -0.121. The molecule has 1 amide bonds. The molecule has 1 unspecified atom stereocenters. The van der Waals surface area contributed by atoms with Gasteiger partial charge in [0.05, 0.1) is 0 Å². The number of hydrogen-bond donors (Lipinski definition) is 1. The van der Waals surface area contributed by atoms with Crippen molar-refractivity contribution in [2.24, 2.45) is 5.92 Å². The summed E-state index contributed by atoms with van der Waals surface area (Å²) in [5, 5.41) is 2.75. The molecule has 1 rings (SSSR count). The molecule has 0 heterocycles. The molecule has 0 saturated carbocycles. The van der Waals surface area contributed by atoms with Gasteiger partial charge in [-0.25, -0.2) is 0 Å². The van der Waals surface area contributed by atoms with Gasteiger partial charge in [0.15, 0.2) is 0 Å². The zero-order valence-electron chi connectivity index (χ0n) is 9.69. The Kier molecular flexibility index (Phi) is 4.70. The standard InChI is InChI=1S/C13H17NO2/c1-3-12(15)10(2)9-14-13(16)11-7-5-4-6-8-11/h4-8,10H,3,9H2,1-2H3,(H,14,16). The third kappa shape index (κ3) is 3.50. The summed E-state index contributed by atoms with van der Waals surface area (Å²) in [6.45, 7) is 4.06. The molecule has 0 bridgehead atoms. The van der Waals surface area contributed by atoms with Crippen LogP contribution < -0.4 is 5.32 Å². The number of benzene rings is 1. The summed E-state index contributed by atoms with van der Waals surface area (Å²) in [5.74, 6) is -0.0672. The van der Waals surface area contributed by atoms with Gasteiger partial charge in [-0.2, -0.15) is 0 Å². The van der Waals surface area contributed by atoms with Gasteiger partial charge in [0.1, 0.15) is 5.78 Å². The van der Waals surface area contributed by atoms with E-state index < -0.39 is 0 Å². The molecule has 0 radical (unpaired) electrons. The van der Waals surface area contributed by atoms with Crippen molar-refractivity contribution in [3.8, 4) is 0 Å². The van der Waals surface area contributed by atoms with Crippen LogP contribution in [0.5, 0.6) is 0 Å². The number of Topliss-reactive ketones (excluding diaryl/α,β-unsaturated/α-hetero) is 1. The number of ketones is 1. The third-order valence-electron chi connectivity index (χ3n) is 2.50. The van der Waals surface area contributed by atoms with Crippen molar-refractivity contribution in [3.63, 3.8) is 0 Å². The van der Waals surface area contributed by atoms with Crippen molar-refractivity contribution in [2.75, 3.05) is 6.54 Å². The van der Waals surface area contributed by atoms with E-state index in [4.69, 9.17) is 0 Å². The minimum atomic E-state index is -0.128. The molecule has 1 aromatic rings. The van der Waals surface area contributed by atoms with Gasteiger partial charge in [0, 0.05) is 24.4 Å². The van der Waals surface area contributed by atoms with Crippen LogP contribution in [-0.4, -0.2) is 18.2 Å². The lowest BCUT2D eigenvalue weighted by Gasteiger charge is -2.10. The molecule has 3 nitrogen and oxygen atoms in total. The first kappa shape index (κ1) is 12.4. The zero-order valence-corrected chi connectivity index (χ0v) is 9.69. The highest BCUT2D eigenvalue weighted by atomic mass is 16.1. The molecule has 0 aliphatic rings. The maximum Gasteiger partial charge on any atom is 0.251 e. The van der Waals surface area contributed by atoms with Crippen LogP contribution in [0, 0.1) is 5.92 Å². The molecule has 1 N–H and O–H groups in total. The second kappa shape index (κ2) is 6.05. The second-order valence-electron chi connectivity index (χ2n) is 3.80. The highest BCUT2D eigenvalue weighted by molar-refractivity contribution is 5.94. The normalized spacial score (nSPS) is 11.9. The van der Waals surface area contributed by atoms with Gasteiger partial charge in [-0.3, -0.25) is 9.59 Å². The third-order valence-corrected chi connectivity index (χ3v) is 2.50. The fourth-order valence-corrected chi connectivity index (χ4v) is 1.40. The van der Waals surface area contributed by atoms with Crippen molar-refractivity contribution >= 4 is 11.7 Å². The number of carbonyl (C=O) groups excluding carboxylic acids is 2. The Morgan fingerprint density at radius 1 is 1.25 bits per heavy atom. The molecule has 0 saturated heterocycles. The fraction of sp³-hybridized carbons (Fsp3) is 0.385. The highest BCUT2D eigenvalue weighted by Crippen LogP contribution is 2.01. The van der Waals surface area contributed by atoms with E-state index in [2.05, 4.69) is 5.32 Å². The van der Waals surface area contributed by atoms with Crippen LogP contribution in [-0.2, 0) is 4.79 Å². The Morgan fingerprint density at radius 2 is 1.88 bits per heavy atom. The Balaban J connectivity index is 2.45. The van der Waals surface area contributed by atoms with Crippen LogP contribution in [0.4, 0.5) is 0 Å².